The van der Waals surface area contributed by atoms with E-state index in [0.717, 1.165) is 5.69 Å². The molecule has 0 radical (unpaired) electrons. The van der Waals surface area contributed by atoms with Crippen LogP contribution in [0.5, 0.6) is 0 Å². The first kappa shape index (κ1) is 19.0. The summed E-state index contributed by atoms with van der Waals surface area (Å²) in [4.78, 5) is 24.8. The fourth-order valence-corrected chi connectivity index (χ4v) is 3.15. The second-order valence-corrected chi connectivity index (χ2v) is 6.68. The molecule has 0 spiro atoms. The van der Waals surface area contributed by atoms with Gasteiger partial charge in [-0.3, -0.25) is 9.89 Å². The first-order chi connectivity index (χ1) is 12.9. The molecule has 7 nitrogen and oxygen atoms in total. The quantitative estimate of drug-likeness (QED) is 0.774. The summed E-state index contributed by atoms with van der Waals surface area (Å²) in [5, 5.41) is 16.1. The van der Waals surface area contributed by atoms with E-state index in [-0.39, 0.29) is 11.7 Å². The van der Waals surface area contributed by atoms with Gasteiger partial charge in [0.05, 0.1) is 5.69 Å². The molecule has 1 aliphatic heterocycles. The smallest absolute Gasteiger partial charge is 0.332 e. The number of likely N-dealkylation sites (N-methyl/N-ethyl adjacent to an activating group) is 1. The van der Waals surface area contributed by atoms with Gasteiger partial charge in [-0.25, -0.2) is 9.18 Å². The molecule has 8 heteroatoms. The largest absolute Gasteiger partial charge is 0.479 e. The van der Waals surface area contributed by atoms with Crippen molar-refractivity contribution in [3.8, 4) is 11.3 Å². The lowest BCUT2D eigenvalue weighted by Crippen LogP contribution is -2.37. The predicted octanol–water partition coefficient (Wildman–Crippen LogP) is 2.24. The fraction of sp³-hybridized carbons (Fsp3) is 0.421. The summed E-state index contributed by atoms with van der Waals surface area (Å²) in [5.74, 6) is -1.53. The van der Waals surface area contributed by atoms with Crippen molar-refractivity contribution in [2.45, 2.75) is 37.9 Å². The molecule has 0 unspecified atom stereocenters. The number of ether oxygens (including phenoxy) is 1. The van der Waals surface area contributed by atoms with Crippen LogP contribution in [0.15, 0.2) is 30.3 Å². The number of hydrogen-bond donors (Lipinski definition) is 2. The zero-order valence-electron chi connectivity index (χ0n) is 15.0. The SMILES string of the molecule is CN(CCCc1cc(-c2cccc(F)c2)n[nH]1)C(=O)[C@@H]1CC[C@H](C(=O)O)O1. The highest BCUT2D eigenvalue weighted by Crippen LogP contribution is 2.22. The maximum absolute atomic E-state index is 13.3. The van der Waals surface area contributed by atoms with Crippen LogP contribution in [0, 0.1) is 5.82 Å². The second-order valence-electron chi connectivity index (χ2n) is 6.68. The molecule has 144 valence electrons. The van der Waals surface area contributed by atoms with Crippen molar-refractivity contribution in [3.05, 3.63) is 41.8 Å². The average Bonchev–Trinajstić information content (AvgIpc) is 3.31. The third kappa shape index (κ3) is 4.71. The van der Waals surface area contributed by atoms with Crippen LogP contribution in [0.25, 0.3) is 11.3 Å². The number of aryl methyl sites for hydroxylation is 1. The standard InChI is InChI=1S/C19H22FN3O4/c1-23(18(24)16-7-8-17(27-16)19(25)26)9-3-6-14-11-15(22-21-14)12-4-2-5-13(20)10-12/h2,4-5,10-11,16-17H,3,6-9H2,1H3,(H,21,22)(H,25,26)/t16-,17+/m0/s1. The van der Waals surface area contributed by atoms with Crippen molar-refractivity contribution < 1.29 is 23.8 Å². The van der Waals surface area contributed by atoms with Gasteiger partial charge in [0.25, 0.3) is 5.91 Å². The van der Waals surface area contributed by atoms with Crippen LogP contribution in [-0.2, 0) is 20.7 Å². The molecule has 1 fully saturated rings. The Morgan fingerprint density at radius 2 is 2.11 bits per heavy atom. The van der Waals surface area contributed by atoms with E-state index >= 15 is 0 Å². The van der Waals surface area contributed by atoms with Crippen LogP contribution in [0.3, 0.4) is 0 Å². The molecule has 27 heavy (non-hydrogen) atoms. The summed E-state index contributed by atoms with van der Waals surface area (Å²) >= 11 is 0. The molecule has 3 rings (SSSR count). The van der Waals surface area contributed by atoms with E-state index < -0.39 is 18.2 Å². The van der Waals surface area contributed by atoms with E-state index in [0.29, 0.717) is 43.5 Å². The Balaban J connectivity index is 1.47. The highest BCUT2D eigenvalue weighted by molar-refractivity contribution is 5.82. The van der Waals surface area contributed by atoms with Crippen LogP contribution < -0.4 is 0 Å². The third-order valence-corrected chi connectivity index (χ3v) is 4.64. The first-order valence-corrected chi connectivity index (χ1v) is 8.87. The van der Waals surface area contributed by atoms with E-state index in [1.165, 1.54) is 12.1 Å². The molecule has 1 aliphatic rings. The number of amides is 1. The summed E-state index contributed by atoms with van der Waals surface area (Å²) in [6.45, 7) is 0.519. The number of aromatic amines is 1. The van der Waals surface area contributed by atoms with Gasteiger partial charge in [-0.2, -0.15) is 5.10 Å². The molecule has 1 amide bonds. The molecule has 1 aromatic heterocycles. The fourth-order valence-electron chi connectivity index (χ4n) is 3.15. The number of nitrogens with one attached hydrogen (secondary N) is 1. The third-order valence-electron chi connectivity index (χ3n) is 4.64. The first-order valence-electron chi connectivity index (χ1n) is 8.87. The van der Waals surface area contributed by atoms with Gasteiger partial charge >= 0.3 is 5.97 Å². The van der Waals surface area contributed by atoms with Crippen LogP contribution >= 0.6 is 0 Å². The number of benzene rings is 1. The van der Waals surface area contributed by atoms with Gasteiger partial charge in [-0.1, -0.05) is 12.1 Å². The lowest BCUT2D eigenvalue weighted by Gasteiger charge is -2.20. The highest BCUT2D eigenvalue weighted by Gasteiger charge is 2.35. The number of nitrogens with zero attached hydrogens (tertiary/aromatic N) is 2. The topological polar surface area (TPSA) is 95.5 Å². The van der Waals surface area contributed by atoms with E-state index in [1.54, 1.807) is 24.1 Å². The summed E-state index contributed by atoms with van der Waals surface area (Å²) in [6, 6.07) is 8.12. The molecule has 1 saturated heterocycles. The number of rotatable bonds is 7. The number of aliphatic carboxylic acids is 1. The van der Waals surface area contributed by atoms with Crippen LogP contribution in [0.4, 0.5) is 4.39 Å². The number of hydrogen-bond acceptors (Lipinski definition) is 4. The zero-order valence-corrected chi connectivity index (χ0v) is 15.0. The van der Waals surface area contributed by atoms with Gasteiger partial charge < -0.3 is 14.7 Å². The van der Waals surface area contributed by atoms with E-state index in [2.05, 4.69) is 10.2 Å². The molecular formula is C19H22FN3O4. The predicted molar refractivity (Wildman–Crippen MR) is 95.5 cm³/mol. The van der Waals surface area contributed by atoms with Crippen molar-refractivity contribution in [2.24, 2.45) is 0 Å². The molecule has 0 bridgehead atoms. The maximum Gasteiger partial charge on any atom is 0.332 e. The van der Waals surface area contributed by atoms with Crippen LogP contribution in [0.1, 0.15) is 25.0 Å². The van der Waals surface area contributed by atoms with Crippen LogP contribution in [0.2, 0.25) is 0 Å². The molecule has 2 aromatic rings. The van der Waals surface area contributed by atoms with Crippen molar-refractivity contribution in [1.82, 2.24) is 15.1 Å². The molecule has 1 aromatic carbocycles. The normalized spacial score (nSPS) is 19.2. The minimum Gasteiger partial charge on any atom is -0.479 e. The molecular weight excluding hydrogens is 353 g/mol. The van der Waals surface area contributed by atoms with Gasteiger partial charge in [-0.05, 0) is 43.9 Å². The Bertz CT molecular complexity index is 823. The van der Waals surface area contributed by atoms with Gasteiger partial charge in [0, 0.05) is 24.8 Å². The number of carboxylic acid groups (broad SMARTS) is 1. The summed E-state index contributed by atoms with van der Waals surface area (Å²) in [5.41, 5.74) is 2.28. The Morgan fingerprint density at radius 1 is 1.33 bits per heavy atom. The Kier molecular flexibility index (Phi) is 5.85. The van der Waals surface area contributed by atoms with E-state index in [1.807, 2.05) is 6.07 Å². The van der Waals surface area contributed by atoms with Gasteiger partial charge in [0.2, 0.25) is 0 Å². The average molecular weight is 375 g/mol. The lowest BCUT2D eigenvalue weighted by molar-refractivity contribution is -0.154. The second kappa shape index (κ2) is 8.30. The zero-order chi connectivity index (χ0) is 19.4. The number of aromatic nitrogens is 2. The van der Waals surface area contributed by atoms with Crippen molar-refractivity contribution in [3.63, 3.8) is 0 Å². The monoisotopic (exact) mass is 375 g/mol. The summed E-state index contributed by atoms with van der Waals surface area (Å²) in [7, 11) is 1.69. The number of H-pyrrole nitrogens is 1. The van der Waals surface area contributed by atoms with Crippen molar-refractivity contribution in [1.29, 1.82) is 0 Å². The number of carboxylic acids is 1. The summed E-state index contributed by atoms with van der Waals surface area (Å²) < 4.78 is 18.6. The number of carbonyl (C=O) groups excluding carboxylic acids is 1. The Morgan fingerprint density at radius 3 is 2.81 bits per heavy atom. The van der Waals surface area contributed by atoms with Gasteiger partial charge in [-0.15, -0.1) is 0 Å². The minimum absolute atomic E-state index is 0.191. The maximum atomic E-state index is 13.3. The minimum atomic E-state index is -1.03. The Hall–Kier alpha value is -2.74. The molecule has 0 aliphatic carbocycles. The summed E-state index contributed by atoms with van der Waals surface area (Å²) in [6.07, 6.45) is 0.612. The van der Waals surface area contributed by atoms with Crippen LogP contribution in [-0.4, -0.2) is 57.9 Å². The van der Waals surface area contributed by atoms with Crippen molar-refractivity contribution >= 4 is 11.9 Å². The molecule has 2 N–H and O–H groups in total. The van der Waals surface area contributed by atoms with Gasteiger partial charge in [0.1, 0.15) is 11.9 Å². The highest BCUT2D eigenvalue weighted by atomic mass is 19.1. The van der Waals surface area contributed by atoms with E-state index in [9.17, 15) is 14.0 Å². The Labute approximate surface area is 156 Å². The van der Waals surface area contributed by atoms with Crippen molar-refractivity contribution in [2.75, 3.05) is 13.6 Å². The lowest BCUT2D eigenvalue weighted by atomic mass is 10.1. The molecule has 2 atom stereocenters. The molecule has 0 saturated carbocycles. The number of halogens is 1. The van der Waals surface area contributed by atoms with E-state index in [4.69, 9.17) is 9.84 Å². The van der Waals surface area contributed by atoms with Gasteiger partial charge in [0.15, 0.2) is 6.10 Å². The molecule has 2 heterocycles. The number of carbonyl (C=O) groups is 2.